The molecule has 0 N–H and O–H groups in total. The summed E-state index contributed by atoms with van der Waals surface area (Å²) >= 11 is 0. The van der Waals surface area contributed by atoms with Crippen molar-refractivity contribution >= 4 is 5.97 Å². The molecule has 1 aromatic rings. The molecule has 18 heavy (non-hydrogen) atoms. The third-order valence-corrected chi connectivity index (χ3v) is 3.83. The van der Waals surface area contributed by atoms with Crippen LogP contribution in [0.15, 0.2) is 30.3 Å². The van der Waals surface area contributed by atoms with Crippen LogP contribution in [-0.2, 0) is 16.0 Å². The summed E-state index contributed by atoms with van der Waals surface area (Å²) in [6, 6.07) is 10.5. The number of esters is 1. The number of ether oxygens (including phenoxy) is 1. The van der Waals surface area contributed by atoms with Gasteiger partial charge in [-0.15, -0.1) is 0 Å². The van der Waals surface area contributed by atoms with Crippen molar-refractivity contribution in [2.45, 2.75) is 39.0 Å². The summed E-state index contributed by atoms with van der Waals surface area (Å²) < 4.78 is 5.22. The second kappa shape index (κ2) is 6.58. The van der Waals surface area contributed by atoms with Gasteiger partial charge in [0.05, 0.1) is 12.5 Å². The van der Waals surface area contributed by atoms with E-state index in [0.29, 0.717) is 12.5 Å². The molecule has 2 nitrogen and oxygen atoms in total. The first-order chi connectivity index (χ1) is 8.81. The van der Waals surface area contributed by atoms with Crippen LogP contribution < -0.4 is 0 Å². The number of rotatable bonds is 6. The summed E-state index contributed by atoms with van der Waals surface area (Å²) in [7, 11) is 0. The van der Waals surface area contributed by atoms with Crippen LogP contribution in [-0.4, -0.2) is 12.6 Å². The van der Waals surface area contributed by atoms with Gasteiger partial charge >= 0.3 is 5.97 Å². The summed E-state index contributed by atoms with van der Waals surface area (Å²) in [4.78, 5) is 11.7. The molecule has 0 amide bonds. The van der Waals surface area contributed by atoms with Crippen molar-refractivity contribution in [3.63, 3.8) is 0 Å². The highest BCUT2D eigenvalue weighted by Crippen LogP contribution is 2.30. The van der Waals surface area contributed by atoms with Crippen molar-refractivity contribution in [3.05, 3.63) is 35.9 Å². The van der Waals surface area contributed by atoms with Crippen LogP contribution in [0, 0.1) is 11.8 Å². The first kappa shape index (κ1) is 13.1. The number of carbonyl (C=O) groups is 1. The molecule has 1 aliphatic heterocycles. The Morgan fingerprint density at radius 2 is 2.00 bits per heavy atom. The zero-order chi connectivity index (χ0) is 12.8. The van der Waals surface area contributed by atoms with Crippen LogP contribution in [0.1, 0.15) is 38.2 Å². The first-order valence-corrected chi connectivity index (χ1v) is 7.02. The van der Waals surface area contributed by atoms with Crippen molar-refractivity contribution < 1.29 is 9.53 Å². The monoisotopic (exact) mass is 246 g/mol. The molecule has 98 valence electrons. The lowest BCUT2D eigenvalue weighted by atomic mass is 9.86. The fourth-order valence-corrected chi connectivity index (χ4v) is 2.66. The molecular weight excluding hydrogens is 224 g/mol. The number of hydrogen-bond acceptors (Lipinski definition) is 2. The number of hydrogen-bond donors (Lipinski definition) is 0. The third-order valence-electron chi connectivity index (χ3n) is 3.83. The highest BCUT2D eigenvalue weighted by molar-refractivity contribution is 5.74. The Morgan fingerprint density at radius 1 is 1.22 bits per heavy atom. The van der Waals surface area contributed by atoms with E-state index in [1.165, 1.54) is 5.56 Å². The predicted molar refractivity (Wildman–Crippen MR) is 72.2 cm³/mol. The number of carbonyl (C=O) groups excluding carboxylic acids is 1. The van der Waals surface area contributed by atoms with E-state index in [0.717, 1.165) is 32.1 Å². The Morgan fingerprint density at radius 3 is 2.72 bits per heavy atom. The van der Waals surface area contributed by atoms with Crippen LogP contribution in [0.4, 0.5) is 0 Å². The van der Waals surface area contributed by atoms with E-state index in [2.05, 4.69) is 31.2 Å². The van der Waals surface area contributed by atoms with E-state index >= 15 is 0 Å². The van der Waals surface area contributed by atoms with Crippen LogP contribution in [0.5, 0.6) is 0 Å². The summed E-state index contributed by atoms with van der Waals surface area (Å²) in [6.07, 6.45) is 5.38. The Bertz CT molecular complexity index is 372. The van der Waals surface area contributed by atoms with Crippen molar-refractivity contribution in [2.75, 3.05) is 6.61 Å². The fraction of sp³-hybridized carbons (Fsp3) is 0.562. The first-order valence-electron chi connectivity index (χ1n) is 7.02. The van der Waals surface area contributed by atoms with Crippen LogP contribution in [0.25, 0.3) is 0 Å². The Hall–Kier alpha value is -1.31. The smallest absolute Gasteiger partial charge is 0.309 e. The average molecular weight is 246 g/mol. The van der Waals surface area contributed by atoms with Gasteiger partial charge in [0.2, 0.25) is 0 Å². The van der Waals surface area contributed by atoms with E-state index in [4.69, 9.17) is 4.74 Å². The Balaban J connectivity index is 1.86. The zero-order valence-electron chi connectivity index (χ0n) is 11.1. The summed E-state index contributed by atoms with van der Waals surface area (Å²) in [5, 5.41) is 0. The molecule has 0 aliphatic carbocycles. The van der Waals surface area contributed by atoms with Gasteiger partial charge in [-0.05, 0) is 24.8 Å². The van der Waals surface area contributed by atoms with Gasteiger partial charge in [0.1, 0.15) is 0 Å². The highest BCUT2D eigenvalue weighted by Gasteiger charge is 2.35. The number of cyclic esters (lactones) is 1. The molecular formula is C16H22O2. The Labute approximate surface area is 109 Å². The summed E-state index contributed by atoms with van der Waals surface area (Å²) in [6.45, 7) is 2.79. The van der Waals surface area contributed by atoms with Gasteiger partial charge in [0.25, 0.3) is 0 Å². The van der Waals surface area contributed by atoms with Crippen LogP contribution >= 0.6 is 0 Å². The van der Waals surface area contributed by atoms with E-state index < -0.39 is 0 Å². The average Bonchev–Trinajstić information content (AvgIpc) is 2.76. The minimum atomic E-state index is 0.0292. The molecule has 0 bridgehead atoms. The van der Waals surface area contributed by atoms with Crippen LogP contribution in [0.3, 0.4) is 0 Å². The second-order valence-corrected chi connectivity index (χ2v) is 5.16. The molecule has 1 heterocycles. The molecule has 1 aromatic carbocycles. The molecule has 2 heteroatoms. The summed E-state index contributed by atoms with van der Waals surface area (Å²) in [5.74, 6) is 0.597. The molecule has 0 aromatic heterocycles. The van der Waals surface area contributed by atoms with Gasteiger partial charge < -0.3 is 4.74 Å². The van der Waals surface area contributed by atoms with E-state index in [-0.39, 0.29) is 11.9 Å². The normalized spacial score (nSPS) is 23.1. The number of unbranched alkanes of at least 4 members (excludes halogenated alkanes) is 1. The lowest BCUT2D eigenvalue weighted by molar-refractivity contribution is -0.141. The molecule has 1 saturated heterocycles. The summed E-state index contributed by atoms with van der Waals surface area (Å²) in [5.41, 5.74) is 1.35. The second-order valence-electron chi connectivity index (χ2n) is 5.16. The minimum Gasteiger partial charge on any atom is -0.465 e. The largest absolute Gasteiger partial charge is 0.465 e. The van der Waals surface area contributed by atoms with Crippen molar-refractivity contribution in [3.8, 4) is 0 Å². The zero-order valence-corrected chi connectivity index (χ0v) is 11.1. The maximum Gasteiger partial charge on any atom is 0.309 e. The third kappa shape index (κ3) is 3.34. The maximum atomic E-state index is 11.7. The lowest BCUT2D eigenvalue weighted by Crippen LogP contribution is -2.16. The predicted octanol–water partition coefficient (Wildman–Crippen LogP) is 3.60. The van der Waals surface area contributed by atoms with Crippen LogP contribution in [0.2, 0.25) is 0 Å². The molecule has 1 aliphatic rings. The van der Waals surface area contributed by atoms with Gasteiger partial charge in [-0.25, -0.2) is 0 Å². The maximum absolute atomic E-state index is 11.7. The molecule has 2 atom stereocenters. The highest BCUT2D eigenvalue weighted by atomic mass is 16.5. The molecule has 2 rings (SSSR count). The Kier molecular flexibility index (Phi) is 4.80. The molecule has 0 unspecified atom stereocenters. The van der Waals surface area contributed by atoms with Gasteiger partial charge in [0.15, 0.2) is 0 Å². The quantitative estimate of drug-likeness (QED) is 0.717. The molecule has 0 spiro atoms. The van der Waals surface area contributed by atoms with Crippen molar-refractivity contribution in [1.82, 2.24) is 0 Å². The van der Waals surface area contributed by atoms with E-state index in [1.807, 2.05) is 6.07 Å². The topological polar surface area (TPSA) is 26.3 Å². The van der Waals surface area contributed by atoms with E-state index in [1.54, 1.807) is 0 Å². The van der Waals surface area contributed by atoms with Crippen molar-refractivity contribution in [1.29, 1.82) is 0 Å². The molecule has 0 saturated carbocycles. The van der Waals surface area contributed by atoms with Gasteiger partial charge in [-0.2, -0.15) is 0 Å². The van der Waals surface area contributed by atoms with E-state index in [9.17, 15) is 4.79 Å². The SMILES string of the molecule is CCCC[C@H]1C(=O)OC[C@@H]1CCc1ccccc1. The molecule has 0 radical (unpaired) electrons. The van der Waals surface area contributed by atoms with Crippen molar-refractivity contribution in [2.24, 2.45) is 11.8 Å². The van der Waals surface area contributed by atoms with Gasteiger partial charge in [0, 0.05) is 5.92 Å². The molecule has 1 fully saturated rings. The fourth-order valence-electron chi connectivity index (χ4n) is 2.66. The van der Waals surface area contributed by atoms with Gasteiger partial charge in [-0.1, -0.05) is 50.1 Å². The standard InChI is InChI=1S/C16H22O2/c1-2-3-9-15-14(12-18-16(15)17)11-10-13-7-5-4-6-8-13/h4-8,14-15H,2-3,9-12H2,1H3/t14-,15+/m0/s1. The number of aryl methyl sites for hydroxylation is 1. The number of benzene rings is 1. The van der Waals surface area contributed by atoms with Gasteiger partial charge in [-0.3, -0.25) is 4.79 Å². The lowest BCUT2D eigenvalue weighted by Gasteiger charge is -2.14. The minimum absolute atomic E-state index is 0.0292.